The Hall–Kier alpha value is -2.36. The van der Waals surface area contributed by atoms with Gasteiger partial charge in [0.25, 0.3) is 5.91 Å². The van der Waals surface area contributed by atoms with Crippen molar-refractivity contribution in [2.24, 2.45) is 5.92 Å². The Morgan fingerprint density at radius 1 is 1.33 bits per heavy atom. The van der Waals surface area contributed by atoms with Crippen LogP contribution >= 0.6 is 0 Å². The van der Waals surface area contributed by atoms with E-state index in [0.29, 0.717) is 11.5 Å². The number of rotatable bonds is 7. The maximum absolute atomic E-state index is 12.8. The summed E-state index contributed by atoms with van der Waals surface area (Å²) in [6, 6.07) is 5.70. The molecule has 0 aliphatic heterocycles. The molecule has 1 aromatic carbocycles. The maximum atomic E-state index is 12.8. The second-order valence-corrected chi connectivity index (χ2v) is 7.04. The molecule has 0 spiro atoms. The molecule has 2 N–H and O–H groups in total. The molecule has 0 atom stereocenters. The topological polar surface area (TPSA) is 56.2 Å². The normalized spacial score (nSPS) is 14.9. The van der Waals surface area contributed by atoms with E-state index < -0.39 is 0 Å². The number of anilines is 1. The van der Waals surface area contributed by atoms with Gasteiger partial charge in [0.1, 0.15) is 0 Å². The summed E-state index contributed by atoms with van der Waals surface area (Å²) in [5, 5.41) is 10.6. The van der Waals surface area contributed by atoms with E-state index in [1.165, 1.54) is 19.2 Å². The van der Waals surface area contributed by atoms with Gasteiger partial charge < -0.3 is 10.2 Å². The van der Waals surface area contributed by atoms with E-state index in [1.807, 2.05) is 31.2 Å². The van der Waals surface area contributed by atoms with Gasteiger partial charge in [-0.15, -0.1) is 0 Å². The SMILES string of the molecule is C=C/C=C(\C)c1cc(C(=O)NC(C)(C)C2CC2)cc(N(C)C=N)c1. The number of benzene rings is 1. The van der Waals surface area contributed by atoms with Crippen molar-refractivity contribution >= 4 is 23.5 Å². The van der Waals surface area contributed by atoms with Gasteiger partial charge in [-0.2, -0.15) is 0 Å². The van der Waals surface area contributed by atoms with Crippen molar-refractivity contribution in [1.82, 2.24) is 5.32 Å². The van der Waals surface area contributed by atoms with Gasteiger partial charge in [0.2, 0.25) is 0 Å². The minimum absolute atomic E-state index is 0.0696. The van der Waals surface area contributed by atoms with Crippen LogP contribution in [0.15, 0.2) is 36.9 Å². The molecule has 24 heavy (non-hydrogen) atoms. The molecule has 2 rings (SSSR count). The Morgan fingerprint density at radius 2 is 1.96 bits per heavy atom. The highest BCUT2D eigenvalue weighted by Crippen LogP contribution is 2.39. The summed E-state index contributed by atoms with van der Waals surface area (Å²) in [5.74, 6) is 0.496. The average molecular weight is 325 g/mol. The molecule has 1 aliphatic rings. The fourth-order valence-electron chi connectivity index (χ4n) is 2.79. The van der Waals surface area contributed by atoms with Crippen LogP contribution in [0.1, 0.15) is 49.5 Å². The van der Waals surface area contributed by atoms with Crippen LogP contribution < -0.4 is 10.2 Å². The molecule has 1 amide bonds. The van der Waals surface area contributed by atoms with Gasteiger partial charge in [-0.25, -0.2) is 0 Å². The molecule has 4 heteroatoms. The van der Waals surface area contributed by atoms with Crippen molar-refractivity contribution in [3.63, 3.8) is 0 Å². The number of allylic oxidation sites excluding steroid dienone is 3. The van der Waals surface area contributed by atoms with Crippen LogP contribution in [0.3, 0.4) is 0 Å². The van der Waals surface area contributed by atoms with E-state index in [1.54, 1.807) is 18.0 Å². The minimum atomic E-state index is -0.188. The number of nitrogens with zero attached hydrogens (tertiary/aromatic N) is 1. The largest absolute Gasteiger partial charge is 0.347 e. The third-order valence-corrected chi connectivity index (χ3v) is 4.64. The summed E-state index contributed by atoms with van der Waals surface area (Å²) < 4.78 is 0. The summed E-state index contributed by atoms with van der Waals surface area (Å²) in [6.07, 6.45) is 7.24. The van der Waals surface area contributed by atoms with Crippen LogP contribution in [0.5, 0.6) is 0 Å². The number of carbonyl (C=O) groups is 1. The predicted molar refractivity (Wildman–Crippen MR) is 102 cm³/mol. The third-order valence-electron chi connectivity index (χ3n) is 4.64. The zero-order chi connectivity index (χ0) is 17.9. The molecule has 1 aromatic rings. The molecule has 1 aliphatic carbocycles. The molecule has 128 valence electrons. The minimum Gasteiger partial charge on any atom is -0.347 e. The van der Waals surface area contributed by atoms with Crippen molar-refractivity contribution < 1.29 is 4.79 Å². The molecule has 0 unspecified atom stereocenters. The van der Waals surface area contributed by atoms with E-state index in [-0.39, 0.29) is 11.4 Å². The van der Waals surface area contributed by atoms with Gasteiger partial charge in [0.15, 0.2) is 0 Å². The third kappa shape index (κ3) is 4.13. The lowest BCUT2D eigenvalue weighted by atomic mass is 9.97. The molecule has 0 radical (unpaired) electrons. The lowest BCUT2D eigenvalue weighted by Crippen LogP contribution is -2.45. The van der Waals surface area contributed by atoms with Crippen LogP contribution in [-0.2, 0) is 0 Å². The van der Waals surface area contributed by atoms with Gasteiger partial charge >= 0.3 is 0 Å². The summed E-state index contributed by atoms with van der Waals surface area (Å²) in [4.78, 5) is 14.5. The van der Waals surface area contributed by atoms with E-state index >= 15 is 0 Å². The summed E-state index contributed by atoms with van der Waals surface area (Å²) >= 11 is 0. The molecule has 4 nitrogen and oxygen atoms in total. The molecule has 1 saturated carbocycles. The van der Waals surface area contributed by atoms with E-state index in [0.717, 1.165) is 16.8 Å². The fourth-order valence-corrected chi connectivity index (χ4v) is 2.79. The summed E-state index contributed by atoms with van der Waals surface area (Å²) in [6.45, 7) is 9.88. The monoisotopic (exact) mass is 325 g/mol. The molecule has 0 heterocycles. The standard InChI is InChI=1S/C20H27N3O/c1-6-7-14(2)15-10-16(12-18(11-15)23(5)13-21)19(24)22-20(3,4)17-8-9-17/h6-7,10-13,17,21H,1,8-9H2,2-5H3,(H,22,24)/b14-7+,21-13?. The van der Waals surface area contributed by atoms with Gasteiger partial charge in [-0.3, -0.25) is 10.2 Å². The van der Waals surface area contributed by atoms with Crippen molar-refractivity contribution in [1.29, 1.82) is 5.41 Å². The van der Waals surface area contributed by atoms with E-state index in [4.69, 9.17) is 5.41 Å². The lowest BCUT2D eigenvalue weighted by molar-refractivity contribution is 0.0903. The first kappa shape index (κ1) is 18.0. The number of carbonyl (C=O) groups excluding carboxylic acids is 1. The van der Waals surface area contributed by atoms with E-state index in [9.17, 15) is 4.79 Å². The Balaban J connectivity index is 2.38. The van der Waals surface area contributed by atoms with Crippen molar-refractivity contribution in [2.75, 3.05) is 11.9 Å². The Kier molecular flexibility index (Phi) is 5.27. The first-order valence-electron chi connectivity index (χ1n) is 8.29. The lowest BCUT2D eigenvalue weighted by Gasteiger charge is -2.26. The van der Waals surface area contributed by atoms with Gasteiger partial charge in [-0.1, -0.05) is 18.7 Å². The first-order chi connectivity index (χ1) is 11.3. The Morgan fingerprint density at radius 3 is 2.50 bits per heavy atom. The van der Waals surface area contributed by atoms with Crippen LogP contribution in [0.4, 0.5) is 5.69 Å². The van der Waals surface area contributed by atoms with Gasteiger partial charge in [0.05, 0.1) is 6.34 Å². The molecule has 0 aromatic heterocycles. The quantitative estimate of drug-likeness (QED) is 0.447. The highest BCUT2D eigenvalue weighted by Gasteiger charge is 2.38. The van der Waals surface area contributed by atoms with Gasteiger partial charge in [-0.05, 0) is 68.9 Å². The first-order valence-corrected chi connectivity index (χ1v) is 8.29. The number of nitrogens with one attached hydrogen (secondary N) is 2. The summed E-state index contributed by atoms with van der Waals surface area (Å²) in [7, 11) is 1.80. The predicted octanol–water partition coefficient (Wildman–Crippen LogP) is 4.24. The number of hydrogen-bond donors (Lipinski definition) is 2. The molecule has 0 saturated heterocycles. The van der Waals surface area contributed by atoms with E-state index in [2.05, 4.69) is 25.7 Å². The average Bonchev–Trinajstić information content (AvgIpc) is 3.39. The fraction of sp³-hybridized carbons (Fsp3) is 0.400. The van der Waals surface area contributed by atoms with Crippen molar-refractivity contribution in [3.05, 3.63) is 48.1 Å². The van der Waals surface area contributed by atoms with Crippen molar-refractivity contribution in [3.8, 4) is 0 Å². The summed E-state index contributed by atoms with van der Waals surface area (Å²) in [5.41, 5.74) is 3.22. The molecular weight excluding hydrogens is 298 g/mol. The maximum Gasteiger partial charge on any atom is 0.251 e. The van der Waals surface area contributed by atoms with Crippen molar-refractivity contribution in [2.45, 2.75) is 39.2 Å². The zero-order valence-corrected chi connectivity index (χ0v) is 15.0. The number of hydrogen-bond acceptors (Lipinski definition) is 2. The smallest absolute Gasteiger partial charge is 0.251 e. The highest BCUT2D eigenvalue weighted by atomic mass is 16.1. The van der Waals surface area contributed by atoms with Crippen LogP contribution in [0.25, 0.3) is 5.57 Å². The second-order valence-electron chi connectivity index (χ2n) is 7.04. The van der Waals surface area contributed by atoms with Crippen LogP contribution in [-0.4, -0.2) is 24.8 Å². The van der Waals surface area contributed by atoms with Gasteiger partial charge in [0, 0.05) is 23.8 Å². The Bertz CT molecular complexity index is 684. The molecular formula is C20H27N3O. The molecule has 1 fully saturated rings. The number of amides is 1. The Labute approximate surface area is 144 Å². The second kappa shape index (κ2) is 7.04. The van der Waals surface area contributed by atoms with Crippen LogP contribution in [0, 0.1) is 11.3 Å². The molecule has 0 bridgehead atoms. The highest BCUT2D eigenvalue weighted by molar-refractivity contribution is 5.97. The van der Waals surface area contributed by atoms with Crippen LogP contribution in [0.2, 0.25) is 0 Å². The zero-order valence-electron chi connectivity index (χ0n) is 15.0.